The fourth-order valence-electron chi connectivity index (χ4n) is 4.40. The monoisotopic (exact) mass is 542 g/mol. The first-order valence-corrected chi connectivity index (χ1v) is 13.2. The van der Waals surface area contributed by atoms with Gasteiger partial charge in [-0.1, -0.05) is 36.4 Å². The van der Waals surface area contributed by atoms with E-state index in [4.69, 9.17) is 14.2 Å². The van der Waals surface area contributed by atoms with Crippen LogP contribution in [0.15, 0.2) is 89.9 Å². The molecular formula is C30H26N2O6S. The van der Waals surface area contributed by atoms with Gasteiger partial charge in [0.25, 0.3) is 5.78 Å². The molecule has 1 amide bonds. The van der Waals surface area contributed by atoms with E-state index >= 15 is 0 Å². The number of methoxy groups -OCH3 is 1. The summed E-state index contributed by atoms with van der Waals surface area (Å²) in [7, 11) is 1.54. The van der Waals surface area contributed by atoms with Crippen LogP contribution in [-0.4, -0.2) is 35.5 Å². The lowest BCUT2D eigenvalue weighted by Gasteiger charge is -2.24. The number of rotatable bonds is 9. The highest BCUT2D eigenvalue weighted by Gasteiger charge is 2.48. The first-order valence-electron chi connectivity index (χ1n) is 12.3. The van der Waals surface area contributed by atoms with E-state index in [0.29, 0.717) is 46.7 Å². The van der Waals surface area contributed by atoms with Crippen molar-refractivity contribution < 1.29 is 28.9 Å². The fourth-order valence-corrected chi connectivity index (χ4v) is 5.07. The van der Waals surface area contributed by atoms with E-state index < -0.39 is 17.7 Å². The van der Waals surface area contributed by atoms with Crippen molar-refractivity contribution in [2.75, 3.05) is 18.6 Å². The van der Waals surface area contributed by atoms with Crippen LogP contribution in [0.3, 0.4) is 0 Å². The van der Waals surface area contributed by atoms with E-state index in [2.05, 4.69) is 4.98 Å². The summed E-state index contributed by atoms with van der Waals surface area (Å²) in [6, 6.07) is 20.7. The highest BCUT2D eigenvalue weighted by molar-refractivity contribution is 7.14. The van der Waals surface area contributed by atoms with Crippen molar-refractivity contribution in [2.45, 2.75) is 19.6 Å². The van der Waals surface area contributed by atoms with Crippen LogP contribution >= 0.6 is 11.3 Å². The Morgan fingerprint density at radius 3 is 2.44 bits per heavy atom. The van der Waals surface area contributed by atoms with Gasteiger partial charge in [-0.25, -0.2) is 4.98 Å². The maximum Gasteiger partial charge on any atom is 0.301 e. The van der Waals surface area contributed by atoms with Crippen LogP contribution in [0.5, 0.6) is 17.2 Å². The zero-order valence-corrected chi connectivity index (χ0v) is 22.2. The molecule has 1 aromatic heterocycles. The second-order valence-electron chi connectivity index (χ2n) is 8.63. The van der Waals surface area contributed by atoms with Crippen LogP contribution in [0.25, 0.3) is 5.76 Å². The van der Waals surface area contributed by atoms with E-state index in [1.807, 2.05) is 37.3 Å². The number of carbonyl (C=O) groups excluding carboxylic acids is 2. The number of anilines is 1. The fraction of sp³-hybridized carbons (Fsp3) is 0.167. The summed E-state index contributed by atoms with van der Waals surface area (Å²) in [5.74, 6) is -0.287. The lowest BCUT2D eigenvalue weighted by molar-refractivity contribution is -0.132. The van der Waals surface area contributed by atoms with Gasteiger partial charge in [-0.05, 0) is 54.4 Å². The quantitative estimate of drug-likeness (QED) is 0.163. The maximum absolute atomic E-state index is 13.4. The van der Waals surface area contributed by atoms with Gasteiger partial charge in [0.05, 0.1) is 25.3 Å². The number of carbonyl (C=O) groups is 2. The van der Waals surface area contributed by atoms with Gasteiger partial charge in [0, 0.05) is 17.1 Å². The molecule has 5 rings (SSSR count). The van der Waals surface area contributed by atoms with Crippen LogP contribution < -0.4 is 19.1 Å². The zero-order chi connectivity index (χ0) is 27.4. The minimum absolute atomic E-state index is 0.0410. The number of Topliss-reactive ketones (excluding diaryl/α,β-unsaturated/α-hetero) is 1. The van der Waals surface area contributed by atoms with E-state index in [1.165, 1.54) is 23.3 Å². The molecule has 1 unspecified atom stereocenters. The van der Waals surface area contributed by atoms with Crippen LogP contribution in [0.4, 0.5) is 5.13 Å². The third-order valence-electron chi connectivity index (χ3n) is 6.25. The number of ketones is 1. The molecule has 8 nitrogen and oxygen atoms in total. The topological polar surface area (TPSA) is 98.2 Å². The summed E-state index contributed by atoms with van der Waals surface area (Å²) in [5.41, 5.74) is 1.90. The summed E-state index contributed by atoms with van der Waals surface area (Å²) in [6.45, 7) is 2.58. The second kappa shape index (κ2) is 11.4. The molecule has 1 aliphatic rings. The lowest BCUT2D eigenvalue weighted by atomic mass is 9.95. The van der Waals surface area contributed by atoms with Crippen molar-refractivity contribution in [1.82, 2.24) is 4.98 Å². The molecule has 0 bridgehead atoms. The van der Waals surface area contributed by atoms with Gasteiger partial charge in [0.2, 0.25) is 0 Å². The van der Waals surface area contributed by atoms with Crippen LogP contribution in [0.1, 0.15) is 29.7 Å². The van der Waals surface area contributed by atoms with Gasteiger partial charge >= 0.3 is 5.91 Å². The average molecular weight is 543 g/mol. The standard InChI is InChI=1S/C30H26N2O6S/c1-3-37-24-17-21(11-14-23(24)38-18-19-7-5-4-6-8-19)26-25(27(33)20-9-12-22(36-2)13-10-20)28(34)29(35)32(26)30-31-15-16-39-30/h4-17,26,33H,3,18H2,1-2H3. The van der Waals surface area contributed by atoms with Crippen LogP contribution in [-0.2, 0) is 16.2 Å². The van der Waals surface area contributed by atoms with Gasteiger partial charge in [-0.2, -0.15) is 0 Å². The Balaban J connectivity index is 1.59. The molecule has 3 aromatic carbocycles. The highest BCUT2D eigenvalue weighted by atomic mass is 32.1. The molecule has 4 aromatic rings. The number of thiazole rings is 1. The van der Waals surface area contributed by atoms with Crippen LogP contribution in [0, 0.1) is 0 Å². The second-order valence-corrected chi connectivity index (χ2v) is 9.50. The van der Waals surface area contributed by atoms with Crippen molar-refractivity contribution in [3.05, 3.63) is 107 Å². The first kappa shape index (κ1) is 26.0. The number of ether oxygens (including phenoxy) is 3. The molecule has 1 fully saturated rings. The van der Waals surface area contributed by atoms with E-state index in [-0.39, 0.29) is 11.3 Å². The number of nitrogens with zero attached hydrogens (tertiary/aromatic N) is 2. The molecular weight excluding hydrogens is 516 g/mol. The Morgan fingerprint density at radius 1 is 1.00 bits per heavy atom. The lowest BCUT2D eigenvalue weighted by Crippen LogP contribution is -2.29. The number of hydrogen-bond acceptors (Lipinski definition) is 8. The summed E-state index contributed by atoms with van der Waals surface area (Å²) < 4.78 is 17.1. The SMILES string of the molecule is CCOc1cc(C2C(=C(O)c3ccc(OC)cc3)C(=O)C(=O)N2c2nccs2)ccc1OCc1ccccc1. The van der Waals surface area contributed by atoms with Crippen molar-refractivity contribution >= 4 is 33.9 Å². The Hall–Kier alpha value is -4.63. The molecule has 1 saturated heterocycles. The predicted molar refractivity (Wildman–Crippen MR) is 148 cm³/mol. The average Bonchev–Trinajstić information content (AvgIpc) is 3.59. The van der Waals surface area contributed by atoms with Crippen molar-refractivity contribution in [2.24, 2.45) is 0 Å². The first-order chi connectivity index (χ1) is 19.0. The minimum atomic E-state index is -0.930. The Labute approximate surface area is 229 Å². The van der Waals surface area contributed by atoms with E-state index in [1.54, 1.807) is 54.0 Å². The number of aliphatic hydroxyl groups is 1. The van der Waals surface area contributed by atoms with Gasteiger partial charge in [0.1, 0.15) is 18.1 Å². The minimum Gasteiger partial charge on any atom is -0.507 e. The van der Waals surface area contributed by atoms with E-state index in [9.17, 15) is 14.7 Å². The number of benzene rings is 3. The number of amides is 1. The largest absolute Gasteiger partial charge is 0.507 e. The van der Waals surface area contributed by atoms with Crippen molar-refractivity contribution in [1.29, 1.82) is 0 Å². The molecule has 1 aliphatic heterocycles. The molecule has 2 heterocycles. The molecule has 1 atom stereocenters. The molecule has 0 radical (unpaired) electrons. The normalized spacial score (nSPS) is 16.4. The molecule has 0 aliphatic carbocycles. The smallest absolute Gasteiger partial charge is 0.301 e. The van der Waals surface area contributed by atoms with Crippen molar-refractivity contribution in [3.8, 4) is 17.2 Å². The van der Waals surface area contributed by atoms with Gasteiger partial charge in [-0.3, -0.25) is 14.5 Å². The summed E-state index contributed by atoms with van der Waals surface area (Å²) in [4.78, 5) is 32.2. The molecule has 39 heavy (non-hydrogen) atoms. The van der Waals surface area contributed by atoms with Crippen LogP contribution in [0.2, 0.25) is 0 Å². The molecule has 9 heteroatoms. The zero-order valence-electron chi connectivity index (χ0n) is 21.4. The molecule has 0 spiro atoms. The van der Waals surface area contributed by atoms with Gasteiger partial charge in [0.15, 0.2) is 16.6 Å². The number of aliphatic hydroxyl groups excluding tert-OH is 1. The summed E-state index contributed by atoms with van der Waals surface area (Å²) in [6.07, 6.45) is 1.56. The Bertz CT molecular complexity index is 1500. The van der Waals surface area contributed by atoms with E-state index in [0.717, 1.165) is 5.56 Å². The molecule has 198 valence electrons. The summed E-state index contributed by atoms with van der Waals surface area (Å²) in [5, 5.41) is 13.4. The molecule has 1 N–H and O–H groups in total. The predicted octanol–water partition coefficient (Wildman–Crippen LogP) is 5.76. The summed E-state index contributed by atoms with van der Waals surface area (Å²) >= 11 is 1.23. The number of aromatic nitrogens is 1. The van der Waals surface area contributed by atoms with Crippen molar-refractivity contribution in [3.63, 3.8) is 0 Å². The third kappa shape index (κ3) is 5.21. The maximum atomic E-state index is 13.4. The number of hydrogen-bond donors (Lipinski definition) is 1. The van der Waals surface area contributed by atoms with Gasteiger partial charge in [-0.15, -0.1) is 11.3 Å². The Morgan fingerprint density at radius 2 is 1.77 bits per heavy atom. The highest BCUT2D eigenvalue weighted by Crippen LogP contribution is 2.44. The third-order valence-corrected chi connectivity index (χ3v) is 7.02. The van der Waals surface area contributed by atoms with Gasteiger partial charge < -0.3 is 19.3 Å². The Kier molecular flexibility index (Phi) is 7.60. The molecule has 0 saturated carbocycles.